The van der Waals surface area contributed by atoms with Gasteiger partial charge in [-0.15, -0.1) is 0 Å². The lowest BCUT2D eigenvalue weighted by molar-refractivity contribution is -0.140. The van der Waals surface area contributed by atoms with Crippen LogP contribution in [0.5, 0.6) is 0 Å². The van der Waals surface area contributed by atoms with E-state index < -0.39 is 0 Å². The molecule has 0 saturated carbocycles. The van der Waals surface area contributed by atoms with Crippen molar-refractivity contribution in [3.8, 4) is 0 Å². The summed E-state index contributed by atoms with van der Waals surface area (Å²) in [6.07, 6.45) is 1.89. The highest BCUT2D eigenvalue weighted by Crippen LogP contribution is 2.02. The highest BCUT2D eigenvalue weighted by Gasteiger charge is 2.18. The lowest BCUT2D eigenvalue weighted by Gasteiger charge is -2.23. The van der Waals surface area contributed by atoms with E-state index in [1.807, 2.05) is 27.7 Å². The number of rotatable bonds is 8. The molecule has 0 saturated heterocycles. The van der Waals surface area contributed by atoms with Gasteiger partial charge in [-0.3, -0.25) is 9.59 Å². The van der Waals surface area contributed by atoms with E-state index in [2.05, 4.69) is 0 Å². The van der Waals surface area contributed by atoms with Gasteiger partial charge in [-0.05, 0) is 26.7 Å². The van der Waals surface area contributed by atoms with Gasteiger partial charge in [-0.1, -0.05) is 13.8 Å². The van der Waals surface area contributed by atoms with Crippen LogP contribution in [-0.2, 0) is 9.59 Å². The van der Waals surface area contributed by atoms with Gasteiger partial charge in [0.2, 0.25) is 11.8 Å². The Morgan fingerprint density at radius 2 is 1.18 bits per heavy atom. The smallest absolute Gasteiger partial charge is 0.232 e. The van der Waals surface area contributed by atoms with Crippen LogP contribution < -0.4 is 0 Å². The van der Waals surface area contributed by atoms with Crippen LogP contribution in [0.2, 0.25) is 0 Å². The van der Waals surface area contributed by atoms with Gasteiger partial charge in [0, 0.05) is 26.2 Å². The zero-order valence-electron chi connectivity index (χ0n) is 11.7. The Morgan fingerprint density at radius 3 is 1.53 bits per heavy atom. The molecule has 0 aromatic heterocycles. The number of amides is 2. The van der Waals surface area contributed by atoms with Crippen LogP contribution in [0.4, 0.5) is 0 Å². The third-order valence-corrected chi connectivity index (χ3v) is 2.76. The third kappa shape index (κ3) is 5.71. The molecule has 0 aliphatic rings. The van der Waals surface area contributed by atoms with Crippen molar-refractivity contribution in [1.82, 2.24) is 9.80 Å². The standard InChI is InChI=1S/C13H26N2O2/c1-5-9-15(10-6-2)13(17)11-12(16)14(7-3)8-4/h5-11H2,1-4H3. The van der Waals surface area contributed by atoms with Gasteiger partial charge in [0.1, 0.15) is 6.42 Å². The molecule has 0 heterocycles. The van der Waals surface area contributed by atoms with Crippen LogP contribution in [-0.4, -0.2) is 47.8 Å². The summed E-state index contributed by atoms with van der Waals surface area (Å²) in [7, 11) is 0. The molecule has 0 atom stereocenters. The van der Waals surface area contributed by atoms with E-state index in [-0.39, 0.29) is 18.2 Å². The Morgan fingerprint density at radius 1 is 0.765 bits per heavy atom. The second-order valence-electron chi connectivity index (χ2n) is 4.12. The minimum Gasteiger partial charge on any atom is -0.343 e. The van der Waals surface area contributed by atoms with Crippen molar-refractivity contribution >= 4 is 11.8 Å². The van der Waals surface area contributed by atoms with Crippen LogP contribution >= 0.6 is 0 Å². The summed E-state index contributed by atoms with van der Waals surface area (Å²) in [6, 6.07) is 0. The fraction of sp³-hybridized carbons (Fsp3) is 0.846. The second kappa shape index (κ2) is 9.02. The summed E-state index contributed by atoms with van der Waals surface area (Å²) in [5.41, 5.74) is 0. The molecule has 0 N–H and O–H groups in total. The van der Waals surface area contributed by atoms with Crippen molar-refractivity contribution in [2.45, 2.75) is 47.0 Å². The van der Waals surface area contributed by atoms with Crippen LogP contribution in [0.3, 0.4) is 0 Å². The van der Waals surface area contributed by atoms with E-state index in [0.717, 1.165) is 25.9 Å². The minimum absolute atomic E-state index is 0.0156. The monoisotopic (exact) mass is 242 g/mol. The van der Waals surface area contributed by atoms with Gasteiger partial charge >= 0.3 is 0 Å². The van der Waals surface area contributed by atoms with E-state index in [9.17, 15) is 9.59 Å². The van der Waals surface area contributed by atoms with Gasteiger partial charge < -0.3 is 9.80 Å². The lowest BCUT2D eigenvalue weighted by Crippen LogP contribution is -2.38. The van der Waals surface area contributed by atoms with E-state index >= 15 is 0 Å². The van der Waals surface area contributed by atoms with E-state index in [0.29, 0.717) is 13.1 Å². The second-order valence-corrected chi connectivity index (χ2v) is 4.12. The molecule has 100 valence electrons. The summed E-state index contributed by atoms with van der Waals surface area (Å²) in [4.78, 5) is 27.3. The highest BCUT2D eigenvalue weighted by molar-refractivity contribution is 5.96. The number of carbonyl (C=O) groups excluding carboxylic acids is 2. The maximum Gasteiger partial charge on any atom is 0.232 e. The Hall–Kier alpha value is -1.06. The zero-order chi connectivity index (χ0) is 13.3. The van der Waals surface area contributed by atoms with Crippen LogP contribution in [0, 0.1) is 0 Å². The average molecular weight is 242 g/mol. The first-order chi connectivity index (χ1) is 8.10. The van der Waals surface area contributed by atoms with Crippen molar-refractivity contribution in [3.05, 3.63) is 0 Å². The molecule has 2 amide bonds. The highest BCUT2D eigenvalue weighted by atomic mass is 16.2. The van der Waals surface area contributed by atoms with Crippen molar-refractivity contribution in [2.75, 3.05) is 26.2 Å². The van der Waals surface area contributed by atoms with E-state index in [1.165, 1.54) is 0 Å². The number of carbonyl (C=O) groups is 2. The van der Waals surface area contributed by atoms with Crippen LogP contribution in [0.1, 0.15) is 47.0 Å². The molecule has 0 aromatic carbocycles. The first-order valence-electron chi connectivity index (χ1n) is 6.66. The summed E-state index contributed by atoms with van der Waals surface area (Å²) in [5, 5.41) is 0. The fourth-order valence-electron chi connectivity index (χ4n) is 1.83. The molecule has 0 fully saturated rings. The van der Waals surface area contributed by atoms with Crippen molar-refractivity contribution in [2.24, 2.45) is 0 Å². The van der Waals surface area contributed by atoms with Gasteiger partial charge in [-0.25, -0.2) is 0 Å². The first-order valence-corrected chi connectivity index (χ1v) is 6.66. The Bertz CT molecular complexity index is 232. The largest absolute Gasteiger partial charge is 0.343 e. The normalized spacial score (nSPS) is 10.1. The van der Waals surface area contributed by atoms with Crippen LogP contribution in [0.15, 0.2) is 0 Å². The van der Waals surface area contributed by atoms with Crippen molar-refractivity contribution in [3.63, 3.8) is 0 Å². The molecule has 0 aliphatic carbocycles. The predicted molar refractivity (Wildman–Crippen MR) is 69.7 cm³/mol. The van der Waals surface area contributed by atoms with E-state index in [4.69, 9.17) is 0 Å². The maximum atomic E-state index is 11.9. The Balaban J connectivity index is 4.33. The van der Waals surface area contributed by atoms with Crippen molar-refractivity contribution < 1.29 is 9.59 Å². The quantitative estimate of drug-likeness (QED) is 0.610. The molecular formula is C13H26N2O2. The molecule has 0 unspecified atom stereocenters. The molecule has 0 aromatic rings. The molecule has 17 heavy (non-hydrogen) atoms. The van der Waals surface area contributed by atoms with Crippen LogP contribution in [0.25, 0.3) is 0 Å². The summed E-state index contributed by atoms with van der Waals surface area (Å²) in [5.74, 6) is -0.0946. The van der Waals surface area contributed by atoms with Gasteiger partial charge in [-0.2, -0.15) is 0 Å². The molecule has 4 nitrogen and oxygen atoms in total. The minimum atomic E-state index is -0.0581. The lowest BCUT2D eigenvalue weighted by atomic mass is 10.2. The summed E-state index contributed by atoms with van der Waals surface area (Å²) >= 11 is 0. The van der Waals surface area contributed by atoms with Crippen molar-refractivity contribution in [1.29, 1.82) is 0 Å². The zero-order valence-corrected chi connectivity index (χ0v) is 11.7. The third-order valence-electron chi connectivity index (χ3n) is 2.76. The Labute approximate surface area is 105 Å². The summed E-state index contributed by atoms with van der Waals surface area (Å²) < 4.78 is 0. The fourth-order valence-corrected chi connectivity index (χ4v) is 1.83. The molecule has 0 bridgehead atoms. The predicted octanol–water partition coefficient (Wildman–Crippen LogP) is 1.89. The molecule has 0 radical (unpaired) electrons. The molecule has 4 heteroatoms. The molecular weight excluding hydrogens is 216 g/mol. The summed E-state index contributed by atoms with van der Waals surface area (Å²) in [6.45, 7) is 10.8. The van der Waals surface area contributed by atoms with E-state index in [1.54, 1.807) is 9.80 Å². The van der Waals surface area contributed by atoms with Gasteiger partial charge in [0.25, 0.3) is 0 Å². The topological polar surface area (TPSA) is 40.6 Å². The first kappa shape index (κ1) is 15.9. The maximum absolute atomic E-state index is 11.9. The molecule has 0 rings (SSSR count). The molecule has 0 spiro atoms. The number of nitrogens with zero attached hydrogens (tertiary/aromatic N) is 2. The number of hydrogen-bond acceptors (Lipinski definition) is 2. The average Bonchev–Trinajstić information content (AvgIpc) is 2.30. The van der Waals surface area contributed by atoms with Gasteiger partial charge in [0.05, 0.1) is 0 Å². The number of hydrogen-bond donors (Lipinski definition) is 0. The Kier molecular flexibility index (Phi) is 8.46. The molecule has 0 aliphatic heterocycles. The van der Waals surface area contributed by atoms with Gasteiger partial charge in [0.15, 0.2) is 0 Å². The SMILES string of the molecule is CCCN(CCC)C(=O)CC(=O)N(CC)CC.